The molecule has 0 spiro atoms. The summed E-state index contributed by atoms with van der Waals surface area (Å²) < 4.78 is 11.2. The zero-order valence-electron chi connectivity index (χ0n) is 17.3. The molecule has 0 aliphatic carbocycles. The van der Waals surface area contributed by atoms with Crippen LogP contribution in [0.4, 0.5) is 0 Å². The Morgan fingerprint density at radius 3 is 2.50 bits per heavy atom. The molecule has 160 valence electrons. The topological polar surface area (TPSA) is 84.5 Å². The fourth-order valence-corrected chi connectivity index (χ4v) is 3.75. The monoisotopic (exact) mass is 427 g/mol. The van der Waals surface area contributed by atoms with Gasteiger partial charge in [0.15, 0.2) is 11.5 Å². The highest BCUT2D eigenvalue weighted by molar-refractivity contribution is 5.95. The van der Waals surface area contributed by atoms with Crippen molar-refractivity contribution in [2.24, 2.45) is 0 Å². The van der Waals surface area contributed by atoms with Gasteiger partial charge in [0.25, 0.3) is 11.5 Å². The first-order valence-electron chi connectivity index (χ1n) is 10.4. The molecule has 7 nitrogen and oxygen atoms in total. The number of ether oxygens (including phenoxy) is 2. The second-order valence-electron chi connectivity index (χ2n) is 7.54. The molecule has 5 rings (SSSR count). The van der Waals surface area contributed by atoms with Gasteiger partial charge in [-0.2, -0.15) is 0 Å². The zero-order chi connectivity index (χ0) is 21.9. The second kappa shape index (κ2) is 8.55. The first kappa shape index (κ1) is 19.8. The van der Waals surface area contributed by atoms with Crippen molar-refractivity contribution in [1.29, 1.82) is 0 Å². The fourth-order valence-electron chi connectivity index (χ4n) is 3.75. The van der Waals surface area contributed by atoms with Crippen molar-refractivity contribution in [3.63, 3.8) is 0 Å². The number of nitrogens with one attached hydrogen (secondary N) is 1. The number of hydrogen-bond acceptors (Lipinski definition) is 5. The van der Waals surface area contributed by atoms with Crippen LogP contribution in [0.1, 0.15) is 21.7 Å². The van der Waals surface area contributed by atoms with Crippen LogP contribution in [0, 0.1) is 0 Å². The molecule has 0 atom stereocenters. The summed E-state index contributed by atoms with van der Waals surface area (Å²) in [4.78, 5) is 35.1. The van der Waals surface area contributed by atoms with Crippen LogP contribution in [0.2, 0.25) is 0 Å². The van der Waals surface area contributed by atoms with Crippen molar-refractivity contribution in [1.82, 2.24) is 14.9 Å². The lowest BCUT2D eigenvalue weighted by atomic mass is 10.1. The normalized spacial score (nSPS) is 12.5. The van der Waals surface area contributed by atoms with E-state index in [2.05, 4.69) is 9.97 Å². The van der Waals surface area contributed by atoms with Crippen molar-refractivity contribution in [3.8, 4) is 11.5 Å². The van der Waals surface area contributed by atoms with Crippen LogP contribution in [0.15, 0.2) is 77.6 Å². The first-order chi connectivity index (χ1) is 15.7. The lowest BCUT2D eigenvalue weighted by Gasteiger charge is -2.24. The number of nitrogens with zero attached hydrogens (tertiary/aromatic N) is 2. The van der Waals surface area contributed by atoms with Gasteiger partial charge in [-0.15, -0.1) is 0 Å². The molecular weight excluding hydrogens is 406 g/mol. The summed E-state index contributed by atoms with van der Waals surface area (Å²) in [5.74, 6) is 1.42. The van der Waals surface area contributed by atoms with E-state index < -0.39 is 0 Å². The summed E-state index contributed by atoms with van der Waals surface area (Å²) in [6.07, 6.45) is 0. The van der Waals surface area contributed by atoms with E-state index in [1.807, 2.05) is 36.4 Å². The second-order valence-corrected chi connectivity index (χ2v) is 7.54. The smallest absolute Gasteiger partial charge is 0.258 e. The number of amides is 1. The summed E-state index contributed by atoms with van der Waals surface area (Å²) in [6.45, 7) is 1.45. The molecule has 1 aromatic heterocycles. The maximum Gasteiger partial charge on any atom is 0.258 e. The van der Waals surface area contributed by atoms with Gasteiger partial charge in [-0.1, -0.05) is 42.5 Å². The average Bonchev–Trinajstić information content (AvgIpc) is 2.83. The molecule has 0 unspecified atom stereocenters. The highest BCUT2D eigenvalue weighted by Gasteiger charge is 2.21. The standard InChI is InChI=1S/C25H21N3O4/c29-24-19-8-4-5-9-20(19)26-23(27-24)16-28(15-17-6-2-1-3-7-17)25(30)18-10-11-21-22(14-18)32-13-12-31-21/h1-11,14H,12-13,15-16H2,(H,26,27,29). The molecule has 4 aromatic rings. The zero-order valence-corrected chi connectivity index (χ0v) is 17.3. The van der Waals surface area contributed by atoms with E-state index in [0.717, 1.165) is 5.56 Å². The molecule has 0 saturated heterocycles. The van der Waals surface area contributed by atoms with Crippen LogP contribution < -0.4 is 15.0 Å². The highest BCUT2D eigenvalue weighted by Crippen LogP contribution is 2.31. The van der Waals surface area contributed by atoms with Crippen LogP contribution >= 0.6 is 0 Å². The average molecular weight is 427 g/mol. The summed E-state index contributed by atoms with van der Waals surface area (Å²) in [7, 11) is 0. The van der Waals surface area contributed by atoms with Crippen LogP contribution in [0.5, 0.6) is 11.5 Å². The van der Waals surface area contributed by atoms with Gasteiger partial charge in [0, 0.05) is 12.1 Å². The lowest BCUT2D eigenvalue weighted by molar-refractivity contribution is 0.0724. The van der Waals surface area contributed by atoms with Gasteiger partial charge in [0.2, 0.25) is 0 Å². The molecule has 0 bridgehead atoms. The molecule has 0 fully saturated rings. The van der Waals surface area contributed by atoms with Crippen molar-refractivity contribution in [2.45, 2.75) is 13.1 Å². The Morgan fingerprint density at radius 1 is 0.906 bits per heavy atom. The Morgan fingerprint density at radius 2 is 1.66 bits per heavy atom. The SMILES string of the molecule is O=C(c1ccc2c(c1)OCCO2)N(Cc1ccccc1)Cc1nc2ccccc2c(=O)[nH]1. The van der Waals surface area contributed by atoms with Crippen molar-refractivity contribution in [3.05, 3.63) is 100 Å². The molecule has 2 heterocycles. The fraction of sp³-hybridized carbons (Fsp3) is 0.160. The predicted molar refractivity (Wildman–Crippen MR) is 120 cm³/mol. The van der Waals surface area contributed by atoms with Crippen molar-refractivity contribution in [2.75, 3.05) is 13.2 Å². The molecular formula is C25H21N3O4. The number of rotatable bonds is 5. The van der Waals surface area contributed by atoms with Gasteiger partial charge in [-0.3, -0.25) is 9.59 Å². The molecule has 32 heavy (non-hydrogen) atoms. The lowest BCUT2D eigenvalue weighted by Crippen LogP contribution is -2.32. The molecule has 0 radical (unpaired) electrons. The number of aromatic amines is 1. The van der Waals surface area contributed by atoms with Gasteiger partial charge >= 0.3 is 0 Å². The summed E-state index contributed by atoms with van der Waals surface area (Å²) in [5.41, 5.74) is 1.82. The number of benzene rings is 3. The Hall–Kier alpha value is -4.13. The number of hydrogen-bond donors (Lipinski definition) is 1. The summed E-state index contributed by atoms with van der Waals surface area (Å²) in [6, 6.07) is 22.0. The van der Waals surface area contributed by atoms with E-state index in [1.165, 1.54) is 0 Å². The molecule has 7 heteroatoms. The van der Waals surface area contributed by atoms with E-state index in [-0.39, 0.29) is 18.0 Å². The number of para-hydroxylation sites is 1. The van der Waals surface area contributed by atoms with E-state index in [0.29, 0.717) is 53.5 Å². The molecule has 1 amide bonds. The minimum absolute atomic E-state index is 0.155. The largest absolute Gasteiger partial charge is 0.486 e. The molecule has 1 aliphatic rings. The minimum atomic E-state index is -0.225. The third-order valence-corrected chi connectivity index (χ3v) is 5.30. The van der Waals surface area contributed by atoms with E-state index in [1.54, 1.807) is 41.3 Å². The molecule has 3 aromatic carbocycles. The summed E-state index contributed by atoms with van der Waals surface area (Å²) in [5, 5.41) is 0.518. The Labute approximate surface area is 184 Å². The highest BCUT2D eigenvalue weighted by atomic mass is 16.6. The van der Waals surface area contributed by atoms with Gasteiger partial charge in [0.1, 0.15) is 19.0 Å². The third-order valence-electron chi connectivity index (χ3n) is 5.30. The Bertz CT molecular complexity index is 1330. The number of carbonyl (C=O) groups excluding carboxylic acids is 1. The predicted octanol–water partition coefficient (Wildman–Crippen LogP) is 3.54. The van der Waals surface area contributed by atoms with E-state index in [9.17, 15) is 9.59 Å². The van der Waals surface area contributed by atoms with Crippen molar-refractivity contribution >= 4 is 16.8 Å². The number of aromatic nitrogens is 2. The van der Waals surface area contributed by atoms with Crippen LogP contribution in [-0.4, -0.2) is 34.0 Å². The van der Waals surface area contributed by atoms with E-state index in [4.69, 9.17) is 9.47 Å². The number of carbonyl (C=O) groups is 1. The van der Waals surface area contributed by atoms with Crippen LogP contribution in [0.3, 0.4) is 0 Å². The Balaban J connectivity index is 1.49. The van der Waals surface area contributed by atoms with Crippen LogP contribution in [-0.2, 0) is 13.1 Å². The van der Waals surface area contributed by atoms with Crippen LogP contribution in [0.25, 0.3) is 10.9 Å². The minimum Gasteiger partial charge on any atom is -0.486 e. The Kier molecular flexibility index (Phi) is 5.29. The summed E-state index contributed by atoms with van der Waals surface area (Å²) >= 11 is 0. The van der Waals surface area contributed by atoms with Gasteiger partial charge in [-0.05, 0) is 35.9 Å². The third kappa shape index (κ3) is 4.05. The first-order valence-corrected chi connectivity index (χ1v) is 10.4. The molecule has 1 N–H and O–H groups in total. The van der Waals surface area contributed by atoms with E-state index >= 15 is 0 Å². The number of H-pyrrole nitrogens is 1. The maximum absolute atomic E-state index is 13.5. The van der Waals surface area contributed by atoms with Gasteiger partial charge in [-0.25, -0.2) is 4.98 Å². The van der Waals surface area contributed by atoms with Gasteiger partial charge in [0.05, 0.1) is 17.4 Å². The van der Waals surface area contributed by atoms with Gasteiger partial charge < -0.3 is 19.4 Å². The maximum atomic E-state index is 13.5. The molecule has 1 aliphatic heterocycles. The quantitative estimate of drug-likeness (QED) is 0.527. The van der Waals surface area contributed by atoms with Crippen molar-refractivity contribution < 1.29 is 14.3 Å². The number of fused-ring (bicyclic) bond motifs is 2. The molecule has 0 saturated carbocycles.